The number of ether oxygens (including phenoxy) is 1. The number of benzene rings is 1. The molecule has 0 aromatic heterocycles. The number of nitrogens with one attached hydrogen (secondary N) is 1. The largest absolute Gasteiger partial charge is 0.496 e. The van der Waals surface area contributed by atoms with E-state index in [4.69, 9.17) is 27.2 Å². The second-order valence-corrected chi connectivity index (χ2v) is 4.97. The smallest absolute Gasteiger partial charge is 0.339 e. The SMILES string of the molecule is CCC(C)(N)C(=O)Nc1cc(OC)c(C(=O)O)cc1Cl. The Morgan fingerprint density at radius 2 is 2.10 bits per heavy atom. The number of carboxylic acid groups (broad SMARTS) is 1. The summed E-state index contributed by atoms with van der Waals surface area (Å²) >= 11 is 5.97. The van der Waals surface area contributed by atoms with E-state index < -0.39 is 17.4 Å². The number of nitrogens with two attached hydrogens (primary N) is 1. The highest BCUT2D eigenvalue weighted by Gasteiger charge is 2.27. The summed E-state index contributed by atoms with van der Waals surface area (Å²) in [6, 6.07) is 2.58. The lowest BCUT2D eigenvalue weighted by Gasteiger charge is -2.22. The van der Waals surface area contributed by atoms with Crippen molar-refractivity contribution in [2.24, 2.45) is 5.73 Å². The van der Waals surface area contributed by atoms with Crippen molar-refractivity contribution < 1.29 is 19.4 Å². The van der Waals surface area contributed by atoms with Crippen LogP contribution < -0.4 is 15.8 Å². The van der Waals surface area contributed by atoms with E-state index in [9.17, 15) is 9.59 Å². The van der Waals surface area contributed by atoms with Crippen LogP contribution in [0.1, 0.15) is 30.6 Å². The third-order valence-electron chi connectivity index (χ3n) is 3.02. The van der Waals surface area contributed by atoms with Crippen molar-refractivity contribution in [3.8, 4) is 5.75 Å². The van der Waals surface area contributed by atoms with E-state index in [1.807, 2.05) is 0 Å². The number of halogens is 1. The molecular weight excluding hydrogens is 284 g/mol. The van der Waals surface area contributed by atoms with E-state index in [0.29, 0.717) is 6.42 Å². The zero-order chi connectivity index (χ0) is 15.5. The number of hydrogen-bond donors (Lipinski definition) is 3. The second-order valence-electron chi connectivity index (χ2n) is 4.56. The van der Waals surface area contributed by atoms with Gasteiger partial charge >= 0.3 is 5.97 Å². The summed E-state index contributed by atoms with van der Waals surface area (Å²) in [5.41, 5.74) is 4.96. The predicted molar refractivity (Wildman–Crippen MR) is 76.5 cm³/mol. The fraction of sp³-hybridized carbons (Fsp3) is 0.385. The molecule has 0 aliphatic heterocycles. The number of anilines is 1. The molecule has 1 amide bonds. The summed E-state index contributed by atoms with van der Waals surface area (Å²) < 4.78 is 4.97. The van der Waals surface area contributed by atoms with Gasteiger partial charge in [0.15, 0.2) is 0 Å². The van der Waals surface area contributed by atoms with Crippen LogP contribution in [0, 0.1) is 0 Å². The van der Waals surface area contributed by atoms with Gasteiger partial charge in [0.25, 0.3) is 0 Å². The Morgan fingerprint density at radius 1 is 1.50 bits per heavy atom. The molecule has 7 heteroatoms. The van der Waals surface area contributed by atoms with Crippen LogP contribution in [0.25, 0.3) is 0 Å². The zero-order valence-corrected chi connectivity index (χ0v) is 12.2. The molecule has 0 spiro atoms. The minimum Gasteiger partial charge on any atom is -0.496 e. The van der Waals surface area contributed by atoms with E-state index in [0.717, 1.165) is 0 Å². The van der Waals surface area contributed by atoms with Crippen LogP contribution in [0.15, 0.2) is 12.1 Å². The molecule has 4 N–H and O–H groups in total. The topological polar surface area (TPSA) is 102 Å². The maximum absolute atomic E-state index is 12.0. The van der Waals surface area contributed by atoms with Gasteiger partial charge in [-0.1, -0.05) is 18.5 Å². The number of methoxy groups -OCH3 is 1. The van der Waals surface area contributed by atoms with Gasteiger partial charge in [-0.15, -0.1) is 0 Å². The minimum absolute atomic E-state index is 0.0819. The molecule has 20 heavy (non-hydrogen) atoms. The van der Waals surface area contributed by atoms with E-state index in [2.05, 4.69) is 5.32 Å². The number of rotatable bonds is 5. The van der Waals surface area contributed by atoms with E-state index in [1.54, 1.807) is 13.8 Å². The average molecular weight is 301 g/mol. The van der Waals surface area contributed by atoms with Gasteiger partial charge in [0.05, 0.1) is 23.4 Å². The normalized spacial score (nSPS) is 13.4. The van der Waals surface area contributed by atoms with Crippen molar-refractivity contribution in [2.45, 2.75) is 25.8 Å². The van der Waals surface area contributed by atoms with E-state index >= 15 is 0 Å². The summed E-state index contributed by atoms with van der Waals surface area (Å²) in [6.45, 7) is 3.38. The van der Waals surface area contributed by atoms with Gasteiger partial charge in [0.1, 0.15) is 11.3 Å². The first kappa shape index (κ1) is 16.3. The van der Waals surface area contributed by atoms with Gasteiger partial charge in [0, 0.05) is 6.07 Å². The predicted octanol–water partition coefficient (Wildman–Crippen LogP) is 2.11. The lowest BCUT2D eigenvalue weighted by atomic mass is 9.99. The van der Waals surface area contributed by atoms with Crippen LogP contribution in [-0.2, 0) is 4.79 Å². The van der Waals surface area contributed by atoms with Crippen molar-refractivity contribution in [1.29, 1.82) is 0 Å². The van der Waals surface area contributed by atoms with E-state index in [1.165, 1.54) is 19.2 Å². The lowest BCUT2D eigenvalue weighted by Crippen LogP contribution is -2.47. The van der Waals surface area contributed by atoms with Crippen LogP contribution in [-0.4, -0.2) is 29.6 Å². The fourth-order valence-electron chi connectivity index (χ4n) is 1.41. The molecule has 1 atom stereocenters. The molecule has 0 radical (unpaired) electrons. The highest BCUT2D eigenvalue weighted by Crippen LogP contribution is 2.31. The van der Waals surface area contributed by atoms with Crippen LogP contribution in [0.4, 0.5) is 5.69 Å². The quantitative estimate of drug-likeness (QED) is 0.773. The number of carbonyl (C=O) groups is 2. The maximum atomic E-state index is 12.0. The van der Waals surface area contributed by atoms with Crippen molar-refractivity contribution in [3.63, 3.8) is 0 Å². The molecule has 0 saturated carbocycles. The molecule has 0 aliphatic rings. The molecule has 1 rings (SSSR count). The number of carboxylic acids is 1. The molecule has 1 aromatic carbocycles. The minimum atomic E-state index is -1.17. The van der Waals surface area contributed by atoms with Gasteiger partial charge in [-0.25, -0.2) is 4.79 Å². The second kappa shape index (κ2) is 6.11. The Kier molecular flexibility index (Phi) is 4.97. The molecule has 1 unspecified atom stereocenters. The Balaban J connectivity index is 3.15. The maximum Gasteiger partial charge on any atom is 0.339 e. The highest BCUT2D eigenvalue weighted by molar-refractivity contribution is 6.34. The molecule has 0 aliphatic carbocycles. The molecule has 0 bridgehead atoms. The summed E-state index contributed by atoms with van der Waals surface area (Å²) in [6.07, 6.45) is 0.445. The van der Waals surface area contributed by atoms with Gasteiger partial charge < -0.3 is 20.9 Å². The first-order valence-electron chi connectivity index (χ1n) is 5.94. The molecule has 0 saturated heterocycles. The molecule has 110 valence electrons. The Labute approximate surface area is 121 Å². The number of amides is 1. The third-order valence-corrected chi connectivity index (χ3v) is 3.33. The van der Waals surface area contributed by atoms with Crippen molar-refractivity contribution in [1.82, 2.24) is 0 Å². The molecule has 1 aromatic rings. The molecular formula is C13H17ClN2O4. The average Bonchev–Trinajstić information content (AvgIpc) is 2.40. The third kappa shape index (κ3) is 3.40. The zero-order valence-electron chi connectivity index (χ0n) is 11.5. The number of hydrogen-bond acceptors (Lipinski definition) is 4. The first-order chi connectivity index (χ1) is 9.22. The summed E-state index contributed by atoms with van der Waals surface area (Å²) in [5.74, 6) is -1.47. The van der Waals surface area contributed by atoms with Crippen molar-refractivity contribution in [3.05, 3.63) is 22.7 Å². The first-order valence-corrected chi connectivity index (χ1v) is 6.32. The summed E-state index contributed by atoms with van der Waals surface area (Å²) in [4.78, 5) is 23.0. The summed E-state index contributed by atoms with van der Waals surface area (Å²) in [7, 11) is 1.33. The van der Waals surface area contributed by atoms with Gasteiger partial charge in [-0.2, -0.15) is 0 Å². The lowest BCUT2D eigenvalue weighted by molar-refractivity contribution is -0.120. The summed E-state index contributed by atoms with van der Waals surface area (Å²) in [5, 5.41) is 11.7. The Morgan fingerprint density at radius 3 is 2.55 bits per heavy atom. The molecule has 0 heterocycles. The molecule has 0 fully saturated rings. The number of aromatic carboxylic acids is 1. The van der Waals surface area contributed by atoms with E-state index in [-0.39, 0.29) is 22.0 Å². The van der Waals surface area contributed by atoms with Gasteiger partial charge in [0.2, 0.25) is 5.91 Å². The Bertz CT molecular complexity index is 543. The van der Waals surface area contributed by atoms with Crippen molar-refractivity contribution >= 4 is 29.2 Å². The van der Waals surface area contributed by atoms with Crippen LogP contribution in [0.2, 0.25) is 5.02 Å². The Hall–Kier alpha value is -1.79. The fourth-order valence-corrected chi connectivity index (χ4v) is 1.62. The van der Waals surface area contributed by atoms with Crippen LogP contribution >= 0.6 is 11.6 Å². The van der Waals surface area contributed by atoms with Crippen molar-refractivity contribution in [2.75, 3.05) is 12.4 Å². The van der Waals surface area contributed by atoms with Crippen LogP contribution in [0.5, 0.6) is 5.75 Å². The monoisotopic (exact) mass is 300 g/mol. The molecule has 6 nitrogen and oxygen atoms in total. The number of carbonyl (C=O) groups excluding carboxylic acids is 1. The van der Waals surface area contributed by atoms with Crippen LogP contribution in [0.3, 0.4) is 0 Å². The van der Waals surface area contributed by atoms with Gasteiger partial charge in [-0.05, 0) is 19.4 Å². The van der Waals surface area contributed by atoms with Gasteiger partial charge in [-0.3, -0.25) is 4.79 Å². The highest BCUT2D eigenvalue weighted by atomic mass is 35.5. The standard InChI is InChI=1S/C13H17ClN2O4/c1-4-13(2,15)12(19)16-9-6-10(20-3)7(11(17)18)5-8(9)14/h5-6H,4,15H2,1-3H3,(H,16,19)(H,17,18).